The Kier molecular flexibility index (Phi) is 3.54. The third-order valence-electron chi connectivity index (χ3n) is 2.59. The normalized spacial score (nSPS) is 10.2. The van der Waals surface area contributed by atoms with Crippen molar-refractivity contribution in [2.45, 2.75) is 13.3 Å². The smallest absolute Gasteiger partial charge is 0.358 e. The van der Waals surface area contributed by atoms with Crippen molar-refractivity contribution >= 4 is 17.3 Å². The minimum atomic E-state index is -0.382. The van der Waals surface area contributed by atoms with Crippen LogP contribution in [-0.2, 0) is 11.2 Å². The van der Waals surface area contributed by atoms with Crippen LogP contribution in [0, 0.1) is 0 Å². The second kappa shape index (κ2) is 5.10. The Morgan fingerprint density at radius 3 is 2.88 bits per heavy atom. The fraction of sp³-hybridized carbons (Fsp3) is 0.231. The molecule has 0 aliphatic carbocycles. The van der Waals surface area contributed by atoms with E-state index in [1.807, 2.05) is 18.2 Å². The molecule has 0 aliphatic rings. The summed E-state index contributed by atoms with van der Waals surface area (Å²) in [4.78, 5) is 16.6. The molecule has 3 nitrogen and oxygen atoms in total. The van der Waals surface area contributed by atoms with Crippen molar-refractivity contribution in [1.29, 1.82) is 0 Å². The first-order valence-electron chi connectivity index (χ1n) is 5.38. The second-order valence-corrected chi connectivity index (χ2v) is 4.39. The van der Waals surface area contributed by atoms with Crippen LogP contribution in [0.4, 0.5) is 0 Å². The van der Waals surface area contributed by atoms with Gasteiger partial charge in [-0.25, -0.2) is 9.78 Å². The molecule has 0 radical (unpaired) electrons. The van der Waals surface area contributed by atoms with Gasteiger partial charge in [-0.2, -0.15) is 0 Å². The van der Waals surface area contributed by atoms with Crippen molar-refractivity contribution in [2.75, 3.05) is 7.11 Å². The maximum Gasteiger partial charge on any atom is 0.358 e. The van der Waals surface area contributed by atoms with Crippen LogP contribution in [0.5, 0.6) is 0 Å². The lowest BCUT2D eigenvalue weighted by molar-refractivity contribution is 0.0596. The van der Waals surface area contributed by atoms with E-state index < -0.39 is 0 Å². The molecule has 1 aromatic heterocycles. The van der Waals surface area contributed by atoms with Crippen molar-refractivity contribution in [2.24, 2.45) is 0 Å². The highest BCUT2D eigenvalue weighted by Crippen LogP contribution is 2.31. The van der Waals surface area contributed by atoms with Crippen LogP contribution in [-0.4, -0.2) is 18.1 Å². The summed E-state index contributed by atoms with van der Waals surface area (Å²) >= 11 is 1.46. The molecule has 0 saturated heterocycles. The minimum Gasteiger partial charge on any atom is -0.464 e. The predicted molar refractivity (Wildman–Crippen MR) is 68.3 cm³/mol. The number of esters is 1. The first-order chi connectivity index (χ1) is 8.27. The monoisotopic (exact) mass is 247 g/mol. The Morgan fingerprint density at radius 1 is 1.41 bits per heavy atom. The third kappa shape index (κ3) is 2.22. The van der Waals surface area contributed by atoms with Gasteiger partial charge in [0, 0.05) is 0 Å². The van der Waals surface area contributed by atoms with Gasteiger partial charge in [0.15, 0.2) is 5.69 Å². The molecular weight excluding hydrogens is 234 g/mol. The van der Waals surface area contributed by atoms with Crippen LogP contribution in [0.15, 0.2) is 29.8 Å². The summed E-state index contributed by atoms with van der Waals surface area (Å²) in [7, 11) is 1.37. The highest BCUT2D eigenvalue weighted by Gasteiger charge is 2.18. The molecule has 0 amide bonds. The van der Waals surface area contributed by atoms with Gasteiger partial charge in [0.2, 0.25) is 0 Å². The van der Waals surface area contributed by atoms with E-state index in [2.05, 4.69) is 18.0 Å². The number of aromatic nitrogens is 1. The molecule has 2 aromatic rings. The standard InChI is InChI=1S/C13H13NO2S/c1-3-9-6-4-5-7-10(9)12-11(13(15)16-2)14-8-17-12/h4-8H,3H2,1-2H3. The molecule has 4 heteroatoms. The molecule has 0 aliphatic heterocycles. The van der Waals surface area contributed by atoms with E-state index in [9.17, 15) is 4.79 Å². The van der Waals surface area contributed by atoms with Crippen LogP contribution in [0.25, 0.3) is 10.4 Å². The Balaban J connectivity index is 2.53. The molecule has 1 aromatic carbocycles. The zero-order valence-corrected chi connectivity index (χ0v) is 10.6. The van der Waals surface area contributed by atoms with E-state index >= 15 is 0 Å². The van der Waals surface area contributed by atoms with Crippen molar-refractivity contribution < 1.29 is 9.53 Å². The van der Waals surface area contributed by atoms with Gasteiger partial charge >= 0.3 is 5.97 Å². The van der Waals surface area contributed by atoms with Gasteiger partial charge in [0.05, 0.1) is 17.5 Å². The Hall–Kier alpha value is -1.68. The third-order valence-corrected chi connectivity index (χ3v) is 3.45. The van der Waals surface area contributed by atoms with Crippen molar-refractivity contribution in [3.05, 3.63) is 41.0 Å². The zero-order valence-electron chi connectivity index (χ0n) is 9.77. The number of hydrogen-bond acceptors (Lipinski definition) is 4. The summed E-state index contributed by atoms with van der Waals surface area (Å²) in [5, 5.41) is 0. The van der Waals surface area contributed by atoms with Gasteiger partial charge in [-0.1, -0.05) is 31.2 Å². The zero-order chi connectivity index (χ0) is 12.3. The van der Waals surface area contributed by atoms with E-state index in [0.29, 0.717) is 5.69 Å². The van der Waals surface area contributed by atoms with E-state index in [0.717, 1.165) is 16.9 Å². The van der Waals surface area contributed by atoms with E-state index in [1.54, 1.807) is 5.51 Å². The number of benzene rings is 1. The van der Waals surface area contributed by atoms with Gasteiger partial charge in [-0.3, -0.25) is 0 Å². The van der Waals surface area contributed by atoms with Crippen LogP contribution in [0.3, 0.4) is 0 Å². The number of carbonyl (C=O) groups excluding carboxylic acids is 1. The van der Waals surface area contributed by atoms with Gasteiger partial charge < -0.3 is 4.74 Å². The number of methoxy groups -OCH3 is 1. The molecule has 0 unspecified atom stereocenters. The first-order valence-corrected chi connectivity index (χ1v) is 6.26. The van der Waals surface area contributed by atoms with Gasteiger partial charge in [-0.15, -0.1) is 11.3 Å². The van der Waals surface area contributed by atoms with Crippen molar-refractivity contribution in [1.82, 2.24) is 4.98 Å². The largest absolute Gasteiger partial charge is 0.464 e. The number of ether oxygens (including phenoxy) is 1. The SMILES string of the molecule is CCc1ccccc1-c1scnc1C(=O)OC. The molecule has 0 fully saturated rings. The molecule has 1 heterocycles. The summed E-state index contributed by atoms with van der Waals surface area (Å²) in [5.74, 6) is -0.382. The maximum absolute atomic E-state index is 11.6. The first kappa shape index (κ1) is 11.8. The predicted octanol–water partition coefficient (Wildman–Crippen LogP) is 3.16. The van der Waals surface area contributed by atoms with Crippen LogP contribution < -0.4 is 0 Å². The fourth-order valence-corrected chi connectivity index (χ4v) is 2.57. The van der Waals surface area contributed by atoms with Crippen molar-refractivity contribution in [3.8, 4) is 10.4 Å². The summed E-state index contributed by atoms with van der Waals surface area (Å²) in [5.41, 5.74) is 4.35. The molecule has 88 valence electrons. The molecule has 17 heavy (non-hydrogen) atoms. The fourth-order valence-electron chi connectivity index (χ4n) is 1.73. The molecule has 0 N–H and O–H groups in total. The number of hydrogen-bond donors (Lipinski definition) is 0. The lowest BCUT2D eigenvalue weighted by Crippen LogP contribution is -2.03. The molecule has 0 atom stereocenters. The molecular formula is C13H13NO2S. The lowest BCUT2D eigenvalue weighted by atomic mass is 10.0. The number of aryl methyl sites for hydroxylation is 1. The minimum absolute atomic E-state index is 0.382. The average molecular weight is 247 g/mol. The lowest BCUT2D eigenvalue weighted by Gasteiger charge is -2.06. The summed E-state index contributed by atoms with van der Waals surface area (Å²) in [6, 6.07) is 8.05. The van der Waals surface area contributed by atoms with Gasteiger partial charge in [-0.05, 0) is 17.5 Å². The summed E-state index contributed by atoms with van der Waals surface area (Å²) in [6.07, 6.45) is 0.925. The molecule has 0 bridgehead atoms. The number of thiazole rings is 1. The van der Waals surface area contributed by atoms with Crippen LogP contribution >= 0.6 is 11.3 Å². The van der Waals surface area contributed by atoms with E-state index in [4.69, 9.17) is 4.74 Å². The average Bonchev–Trinajstić information content (AvgIpc) is 2.86. The van der Waals surface area contributed by atoms with Crippen molar-refractivity contribution in [3.63, 3.8) is 0 Å². The quantitative estimate of drug-likeness (QED) is 0.782. The second-order valence-electron chi connectivity index (χ2n) is 3.53. The number of carbonyl (C=O) groups is 1. The number of rotatable bonds is 3. The highest BCUT2D eigenvalue weighted by atomic mass is 32.1. The topological polar surface area (TPSA) is 39.2 Å². The van der Waals surface area contributed by atoms with Crippen LogP contribution in [0.2, 0.25) is 0 Å². The Bertz CT molecular complexity index is 534. The van der Waals surface area contributed by atoms with E-state index in [1.165, 1.54) is 24.0 Å². The number of nitrogens with zero attached hydrogens (tertiary/aromatic N) is 1. The van der Waals surface area contributed by atoms with Gasteiger partial charge in [0.1, 0.15) is 0 Å². The Morgan fingerprint density at radius 2 is 2.18 bits per heavy atom. The molecule has 2 rings (SSSR count). The van der Waals surface area contributed by atoms with Crippen LogP contribution in [0.1, 0.15) is 23.0 Å². The molecule has 0 saturated carbocycles. The Labute approximate surface area is 104 Å². The maximum atomic E-state index is 11.6. The van der Waals surface area contributed by atoms with Gasteiger partial charge in [0.25, 0.3) is 0 Å². The summed E-state index contributed by atoms with van der Waals surface area (Å²) < 4.78 is 4.74. The molecule has 0 spiro atoms. The summed E-state index contributed by atoms with van der Waals surface area (Å²) in [6.45, 7) is 2.09. The highest BCUT2D eigenvalue weighted by molar-refractivity contribution is 7.13. The van der Waals surface area contributed by atoms with E-state index in [-0.39, 0.29) is 5.97 Å².